The summed E-state index contributed by atoms with van der Waals surface area (Å²) in [5.74, 6) is -1.70. The number of halogens is 2. The third-order valence-corrected chi connectivity index (χ3v) is 3.33. The van der Waals surface area contributed by atoms with Gasteiger partial charge >= 0.3 is 5.97 Å². The molecule has 0 aliphatic heterocycles. The van der Waals surface area contributed by atoms with Crippen molar-refractivity contribution in [3.8, 4) is 5.75 Å². The number of ether oxygens (including phenoxy) is 2. The molecule has 1 rings (SSSR count). The summed E-state index contributed by atoms with van der Waals surface area (Å²) in [5.41, 5.74) is 0.0758. The van der Waals surface area contributed by atoms with Gasteiger partial charge < -0.3 is 19.9 Å². The first-order valence-corrected chi connectivity index (χ1v) is 6.91. The molecule has 120 valence electrons. The fraction of sp³-hybridized carbons (Fsp3) is 0.286. The van der Waals surface area contributed by atoms with Crippen LogP contribution in [-0.4, -0.2) is 43.3 Å². The predicted molar refractivity (Wildman–Crippen MR) is 82.9 cm³/mol. The van der Waals surface area contributed by atoms with E-state index in [9.17, 15) is 9.59 Å². The van der Waals surface area contributed by atoms with Crippen LogP contribution >= 0.6 is 23.2 Å². The van der Waals surface area contributed by atoms with Gasteiger partial charge in [0.05, 0.1) is 35.9 Å². The van der Waals surface area contributed by atoms with Crippen LogP contribution in [0.25, 0.3) is 0 Å². The Bertz CT molecular complexity index is 577. The number of methoxy groups -OCH3 is 1. The number of aliphatic carboxylic acids is 1. The van der Waals surface area contributed by atoms with Crippen LogP contribution in [0.1, 0.15) is 10.4 Å². The van der Waals surface area contributed by atoms with Gasteiger partial charge in [-0.1, -0.05) is 29.3 Å². The van der Waals surface area contributed by atoms with Gasteiger partial charge in [-0.3, -0.25) is 4.79 Å². The quantitative estimate of drug-likeness (QED) is 0.557. The maximum absolute atomic E-state index is 12.2. The molecule has 0 saturated carbocycles. The average molecular weight is 348 g/mol. The molecule has 0 spiro atoms. The van der Waals surface area contributed by atoms with E-state index in [0.29, 0.717) is 0 Å². The Balaban J connectivity index is 2.92. The molecule has 1 aromatic rings. The van der Waals surface area contributed by atoms with E-state index in [1.165, 1.54) is 25.3 Å². The second kappa shape index (κ2) is 8.63. The minimum absolute atomic E-state index is 0.0758. The van der Waals surface area contributed by atoms with Crippen molar-refractivity contribution in [2.24, 2.45) is 0 Å². The van der Waals surface area contributed by atoms with Crippen molar-refractivity contribution in [2.75, 3.05) is 20.3 Å². The molecule has 0 saturated heterocycles. The molecule has 22 heavy (non-hydrogen) atoms. The van der Waals surface area contributed by atoms with Gasteiger partial charge in [-0.2, -0.15) is 0 Å². The van der Waals surface area contributed by atoms with Gasteiger partial charge in [-0.15, -0.1) is 6.58 Å². The molecule has 1 unspecified atom stereocenters. The van der Waals surface area contributed by atoms with Gasteiger partial charge in [0.2, 0.25) is 0 Å². The van der Waals surface area contributed by atoms with E-state index < -0.39 is 17.9 Å². The zero-order valence-electron chi connectivity index (χ0n) is 11.8. The van der Waals surface area contributed by atoms with Gasteiger partial charge in [0.1, 0.15) is 5.75 Å². The van der Waals surface area contributed by atoms with E-state index in [1.54, 1.807) is 0 Å². The van der Waals surface area contributed by atoms with Crippen molar-refractivity contribution in [2.45, 2.75) is 6.04 Å². The monoisotopic (exact) mass is 347 g/mol. The highest BCUT2D eigenvalue weighted by atomic mass is 35.5. The highest BCUT2D eigenvalue weighted by molar-refractivity contribution is 6.42. The number of hydrogen-bond acceptors (Lipinski definition) is 4. The third-order valence-electron chi connectivity index (χ3n) is 2.61. The summed E-state index contributed by atoms with van der Waals surface area (Å²) in [6.45, 7) is 3.43. The molecule has 1 aromatic carbocycles. The molecule has 1 atom stereocenters. The van der Waals surface area contributed by atoms with Gasteiger partial charge in [-0.05, 0) is 6.07 Å². The second-order valence-corrected chi connectivity index (χ2v) is 4.97. The number of amides is 1. The molecule has 0 aliphatic rings. The summed E-state index contributed by atoms with van der Waals surface area (Å²) < 4.78 is 10.1. The Morgan fingerprint density at radius 1 is 1.41 bits per heavy atom. The Labute approximate surface area is 137 Å². The third kappa shape index (κ3) is 4.91. The van der Waals surface area contributed by atoms with Crippen molar-refractivity contribution in [3.05, 3.63) is 40.4 Å². The molecule has 0 radical (unpaired) electrons. The van der Waals surface area contributed by atoms with Crippen LogP contribution in [0.3, 0.4) is 0 Å². The fourth-order valence-corrected chi connectivity index (χ4v) is 1.87. The lowest BCUT2D eigenvalue weighted by Crippen LogP contribution is -2.44. The lowest BCUT2D eigenvalue weighted by Gasteiger charge is -2.16. The molecule has 0 fully saturated rings. The maximum atomic E-state index is 12.2. The van der Waals surface area contributed by atoms with Crippen molar-refractivity contribution < 1.29 is 24.2 Å². The summed E-state index contributed by atoms with van der Waals surface area (Å²) in [6, 6.07) is 1.47. The van der Waals surface area contributed by atoms with Crippen LogP contribution in [-0.2, 0) is 9.53 Å². The zero-order valence-corrected chi connectivity index (χ0v) is 13.3. The first-order valence-electron chi connectivity index (χ1n) is 6.16. The highest BCUT2D eigenvalue weighted by Crippen LogP contribution is 2.30. The van der Waals surface area contributed by atoms with E-state index in [-0.39, 0.29) is 34.6 Å². The second-order valence-electron chi connectivity index (χ2n) is 4.16. The van der Waals surface area contributed by atoms with Crippen molar-refractivity contribution in [1.29, 1.82) is 0 Å². The largest absolute Gasteiger partial charge is 0.496 e. The SMILES string of the molecule is C=CCOCC(NC(=O)c1cc(Cl)c(Cl)cc1OC)C(=O)O. The standard InChI is InChI=1S/C14H15Cl2NO5/c1-3-4-22-7-11(14(19)20)17-13(18)8-5-9(15)10(16)6-12(8)21-2/h3,5-6,11H,1,4,7H2,2H3,(H,17,18)(H,19,20). The molecular formula is C14H15Cl2NO5. The first kappa shape index (κ1) is 18.3. The Kier molecular flexibility index (Phi) is 7.17. The van der Waals surface area contributed by atoms with Crippen molar-refractivity contribution in [3.63, 3.8) is 0 Å². The number of benzene rings is 1. The number of carboxylic acids is 1. The molecule has 0 heterocycles. The van der Waals surface area contributed by atoms with Crippen molar-refractivity contribution >= 4 is 35.1 Å². The van der Waals surface area contributed by atoms with Crippen LogP contribution in [0.4, 0.5) is 0 Å². The molecule has 6 nitrogen and oxygen atoms in total. The van der Waals surface area contributed by atoms with E-state index in [4.69, 9.17) is 37.8 Å². The minimum Gasteiger partial charge on any atom is -0.496 e. The van der Waals surface area contributed by atoms with E-state index in [2.05, 4.69) is 11.9 Å². The number of nitrogens with one attached hydrogen (secondary N) is 1. The topological polar surface area (TPSA) is 84.9 Å². The molecule has 8 heteroatoms. The molecule has 0 aromatic heterocycles. The van der Waals surface area contributed by atoms with Crippen LogP contribution in [0, 0.1) is 0 Å². The summed E-state index contributed by atoms with van der Waals surface area (Å²) in [7, 11) is 1.36. The number of rotatable bonds is 8. The predicted octanol–water partition coefficient (Wildman–Crippen LogP) is 2.39. The van der Waals surface area contributed by atoms with Gasteiger partial charge in [-0.25, -0.2) is 4.79 Å². The number of carbonyl (C=O) groups is 2. The Morgan fingerprint density at radius 3 is 2.59 bits per heavy atom. The summed E-state index contributed by atoms with van der Waals surface area (Å²) >= 11 is 11.7. The summed E-state index contributed by atoms with van der Waals surface area (Å²) in [6.07, 6.45) is 1.47. The van der Waals surface area contributed by atoms with Crippen LogP contribution < -0.4 is 10.1 Å². The average Bonchev–Trinajstić information content (AvgIpc) is 2.48. The van der Waals surface area contributed by atoms with Crippen LogP contribution in [0.2, 0.25) is 10.0 Å². The number of carboxylic acid groups (broad SMARTS) is 1. The fourth-order valence-electron chi connectivity index (χ4n) is 1.55. The molecule has 0 aliphatic carbocycles. The zero-order chi connectivity index (χ0) is 16.7. The number of carbonyl (C=O) groups excluding carboxylic acids is 1. The van der Waals surface area contributed by atoms with Gasteiger partial charge in [0.15, 0.2) is 6.04 Å². The first-order chi connectivity index (χ1) is 10.4. The molecule has 1 amide bonds. The smallest absolute Gasteiger partial charge is 0.328 e. The van der Waals surface area contributed by atoms with Crippen LogP contribution in [0.5, 0.6) is 5.75 Å². The molecule has 0 bridgehead atoms. The van der Waals surface area contributed by atoms with Crippen molar-refractivity contribution in [1.82, 2.24) is 5.32 Å². The lowest BCUT2D eigenvalue weighted by molar-refractivity contribution is -0.140. The number of hydrogen-bond donors (Lipinski definition) is 2. The Hall–Kier alpha value is -1.76. The van der Waals surface area contributed by atoms with E-state index >= 15 is 0 Å². The highest BCUT2D eigenvalue weighted by Gasteiger charge is 2.23. The normalized spacial score (nSPS) is 11.6. The minimum atomic E-state index is -1.23. The van der Waals surface area contributed by atoms with Crippen LogP contribution in [0.15, 0.2) is 24.8 Å². The summed E-state index contributed by atoms with van der Waals surface area (Å²) in [4.78, 5) is 23.3. The lowest BCUT2D eigenvalue weighted by atomic mass is 10.1. The van der Waals surface area contributed by atoms with Gasteiger partial charge in [0.25, 0.3) is 5.91 Å². The Morgan fingerprint density at radius 2 is 2.05 bits per heavy atom. The molecule has 2 N–H and O–H groups in total. The molecular weight excluding hydrogens is 333 g/mol. The summed E-state index contributed by atoms with van der Waals surface area (Å²) in [5, 5.41) is 11.8. The van der Waals surface area contributed by atoms with Gasteiger partial charge in [0, 0.05) is 6.07 Å². The van der Waals surface area contributed by atoms with E-state index in [0.717, 1.165) is 0 Å². The maximum Gasteiger partial charge on any atom is 0.328 e. The van der Waals surface area contributed by atoms with E-state index in [1.807, 2.05) is 0 Å².